The summed E-state index contributed by atoms with van der Waals surface area (Å²) < 4.78 is 0. The van der Waals surface area contributed by atoms with Crippen LogP contribution in [0.5, 0.6) is 0 Å². The molecule has 0 radical (unpaired) electrons. The summed E-state index contributed by atoms with van der Waals surface area (Å²) in [6.07, 6.45) is 0.569. The van der Waals surface area contributed by atoms with Crippen molar-refractivity contribution in [3.05, 3.63) is 35.4 Å². The Labute approximate surface area is 96.7 Å². The van der Waals surface area contributed by atoms with Gasteiger partial charge in [0, 0.05) is 11.1 Å². The van der Waals surface area contributed by atoms with E-state index in [-0.39, 0.29) is 11.6 Å². The van der Waals surface area contributed by atoms with Gasteiger partial charge >= 0.3 is 0 Å². The van der Waals surface area contributed by atoms with E-state index in [0.717, 1.165) is 0 Å². The molecule has 86 valence electrons. The van der Waals surface area contributed by atoms with Gasteiger partial charge < -0.3 is 0 Å². The minimum absolute atomic E-state index is 0.0272. The van der Waals surface area contributed by atoms with Gasteiger partial charge in [-0.1, -0.05) is 45.0 Å². The molecule has 0 bridgehead atoms. The van der Waals surface area contributed by atoms with Gasteiger partial charge in [0.15, 0.2) is 11.6 Å². The van der Waals surface area contributed by atoms with E-state index < -0.39 is 5.41 Å². The Hall–Kier alpha value is -1.44. The Balaban J connectivity index is 0.000000606. The van der Waals surface area contributed by atoms with Crippen molar-refractivity contribution in [3.8, 4) is 0 Å². The maximum atomic E-state index is 11.9. The topological polar surface area (TPSA) is 34.1 Å². The van der Waals surface area contributed by atoms with Gasteiger partial charge in [-0.2, -0.15) is 0 Å². The Morgan fingerprint density at radius 3 is 1.69 bits per heavy atom. The molecule has 2 heteroatoms. The average molecular weight is 218 g/mol. The lowest BCUT2D eigenvalue weighted by Gasteiger charge is -2.16. The number of carbonyl (C=O) groups is 2. The molecular weight excluding hydrogens is 200 g/mol. The third-order valence-corrected chi connectivity index (χ3v) is 3.13. The normalized spacial score (nSPS) is 16.5. The molecule has 0 heterocycles. The van der Waals surface area contributed by atoms with Crippen LogP contribution in [0.1, 0.15) is 54.8 Å². The van der Waals surface area contributed by atoms with Crippen LogP contribution in [0.3, 0.4) is 0 Å². The van der Waals surface area contributed by atoms with Gasteiger partial charge in [-0.05, 0) is 13.3 Å². The summed E-state index contributed by atoms with van der Waals surface area (Å²) in [6, 6.07) is 7.06. The third kappa shape index (κ3) is 1.58. The first kappa shape index (κ1) is 12.6. The van der Waals surface area contributed by atoms with Crippen molar-refractivity contribution in [2.24, 2.45) is 5.41 Å². The summed E-state index contributed by atoms with van der Waals surface area (Å²) in [5.74, 6) is -0.0544. The van der Waals surface area contributed by atoms with Gasteiger partial charge in [0.05, 0.1) is 5.41 Å². The first-order valence-electron chi connectivity index (χ1n) is 5.80. The van der Waals surface area contributed by atoms with E-state index in [2.05, 4.69) is 0 Å². The molecule has 0 unspecified atom stereocenters. The van der Waals surface area contributed by atoms with E-state index in [1.807, 2.05) is 20.8 Å². The second-order valence-corrected chi connectivity index (χ2v) is 3.89. The summed E-state index contributed by atoms with van der Waals surface area (Å²) in [5.41, 5.74) is 0.354. The highest BCUT2D eigenvalue weighted by molar-refractivity contribution is 6.29. The van der Waals surface area contributed by atoms with Gasteiger partial charge in [0.25, 0.3) is 0 Å². The molecule has 2 rings (SSSR count). The number of fused-ring (bicyclic) bond motifs is 1. The maximum absolute atomic E-state index is 11.9. The highest BCUT2D eigenvalue weighted by Crippen LogP contribution is 2.38. The maximum Gasteiger partial charge on any atom is 0.177 e. The number of carbonyl (C=O) groups excluding carboxylic acids is 2. The van der Waals surface area contributed by atoms with E-state index in [1.165, 1.54) is 0 Å². The number of rotatable bonds is 1. The molecule has 1 aliphatic carbocycles. The molecule has 0 atom stereocenters. The summed E-state index contributed by atoms with van der Waals surface area (Å²) in [5, 5.41) is 0. The van der Waals surface area contributed by atoms with Gasteiger partial charge in [-0.15, -0.1) is 0 Å². The third-order valence-electron chi connectivity index (χ3n) is 3.13. The van der Waals surface area contributed by atoms with Crippen molar-refractivity contribution < 1.29 is 9.59 Å². The minimum atomic E-state index is -0.816. The largest absolute Gasteiger partial charge is 0.293 e. The summed E-state index contributed by atoms with van der Waals surface area (Å²) >= 11 is 0. The van der Waals surface area contributed by atoms with Crippen LogP contribution in [-0.4, -0.2) is 11.6 Å². The van der Waals surface area contributed by atoms with Crippen LogP contribution in [-0.2, 0) is 0 Å². The number of hydrogen-bond acceptors (Lipinski definition) is 2. The molecule has 16 heavy (non-hydrogen) atoms. The zero-order valence-electron chi connectivity index (χ0n) is 10.3. The molecule has 0 N–H and O–H groups in total. The first-order valence-corrected chi connectivity index (χ1v) is 5.80. The van der Waals surface area contributed by atoms with Gasteiger partial charge in [-0.3, -0.25) is 9.59 Å². The lowest BCUT2D eigenvalue weighted by Crippen LogP contribution is -2.28. The van der Waals surface area contributed by atoms with Crippen LogP contribution in [0.25, 0.3) is 0 Å². The van der Waals surface area contributed by atoms with Gasteiger partial charge in [0.1, 0.15) is 0 Å². The molecule has 1 aliphatic rings. The van der Waals surface area contributed by atoms with E-state index in [0.29, 0.717) is 17.5 Å². The van der Waals surface area contributed by atoms with Crippen molar-refractivity contribution in [1.29, 1.82) is 0 Å². The number of ketones is 2. The van der Waals surface area contributed by atoms with Crippen LogP contribution in [0.15, 0.2) is 24.3 Å². The molecular formula is C14H18O2. The molecule has 0 amide bonds. The summed E-state index contributed by atoms with van der Waals surface area (Å²) in [7, 11) is 0. The Kier molecular flexibility index (Phi) is 3.63. The molecule has 0 aromatic heterocycles. The SMILES string of the molecule is CC.CCC1(C)C(=O)c2ccccc2C1=O. The van der Waals surface area contributed by atoms with Gasteiger partial charge in [-0.25, -0.2) is 0 Å². The monoisotopic (exact) mass is 218 g/mol. The van der Waals surface area contributed by atoms with Crippen LogP contribution in [0.2, 0.25) is 0 Å². The Bertz CT molecular complexity index is 383. The zero-order valence-corrected chi connectivity index (χ0v) is 10.3. The fourth-order valence-corrected chi connectivity index (χ4v) is 1.90. The summed E-state index contributed by atoms with van der Waals surface area (Å²) in [6.45, 7) is 7.61. The molecule has 1 aromatic rings. The molecule has 0 fully saturated rings. The molecule has 0 spiro atoms. The first-order chi connectivity index (χ1) is 7.61. The van der Waals surface area contributed by atoms with Crippen molar-refractivity contribution in [2.45, 2.75) is 34.1 Å². The van der Waals surface area contributed by atoms with Crippen LogP contribution in [0, 0.1) is 5.41 Å². The molecule has 0 saturated heterocycles. The lowest BCUT2D eigenvalue weighted by atomic mass is 9.82. The lowest BCUT2D eigenvalue weighted by molar-refractivity contribution is 0.0717. The van der Waals surface area contributed by atoms with Crippen LogP contribution in [0.4, 0.5) is 0 Å². The van der Waals surface area contributed by atoms with E-state index >= 15 is 0 Å². The van der Waals surface area contributed by atoms with E-state index in [4.69, 9.17) is 0 Å². The fourth-order valence-electron chi connectivity index (χ4n) is 1.90. The van der Waals surface area contributed by atoms with Crippen LogP contribution >= 0.6 is 0 Å². The molecule has 2 nitrogen and oxygen atoms in total. The molecule has 0 aliphatic heterocycles. The predicted octanol–water partition coefficient (Wildman–Crippen LogP) is 3.51. The quantitative estimate of drug-likeness (QED) is 0.676. The number of Topliss-reactive ketones (excluding diaryl/α,β-unsaturated/α-hetero) is 2. The van der Waals surface area contributed by atoms with E-state index in [1.54, 1.807) is 31.2 Å². The standard InChI is InChI=1S/C12H12O2.C2H6/c1-3-12(2)10(13)8-6-4-5-7-9(8)11(12)14;1-2/h4-7H,3H2,1-2H3;1-2H3. The minimum Gasteiger partial charge on any atom is -0.293 e. The van der Waals surface area contributed by atoms with Crippen molar-refractivity contribution in [1.82, 2.24) is 0 Å². The molecule has 1 aromatic carbocycles. The molecule has 0 saturated carbocycles. The van der Waals surface area contributed by atoms with Crippen molar-refractivity contribution >= 4 is 11.6 Å². The smallest absolute Gasteiger partial charge is 0.177 e. The Morgan fingerprint density at radius 1 is 1.00 bits per heavy atom. The summed E-state index contributed by atoms with van der Waals surface area (Å²) in [4.78, 5) is 23.9. The zero-order chi connectivity index (χ0) is 12.3. The number of hydrogen-bond donors (Lipinski definition) is 0. The van der Waals surface area contributed by atoms with Gasteiger partial charge in [0.2, 0.25) is 0 Å². The fraction of sp³-hybridized carbons (Fsp3) is 0.429. The Morgan fingerprint density at radius 2 is 1.38 bits per heavy atom. The highest BCUT2D eigenvalue weighted by Gasteiger charge is 2.47. The number of benzene rings is 1. The van der Waals surface area contributed by atoms with Crippen molar-refractivity contribution in [2.75, 3.05) is 0 Å². The average Bonchev–Trinajstić information content (AvgIpc) is 2.56. The highest BCUT2D eigenvalue weighted by atomic mass is 16.2. The van der Waals surface area contributed by atoms with Crippen molar-refractivity contribution in [3.63, 3.8) is 0 Å². The second kappa shape index (κ2) is 4.60. The van der Waals surface area contributed by atoms with Crippen LogP contribution < -0.4 is 0 Å². The van der Waals surface area contributed by atoms with E-state index in [9.17, 15) is 9.59 Å². The second-order valence-electron chi connectivity index (χ2n) is 3.89. The predicted molar refractivity (Wildman–Crippen MR) is 64.8 cm³/mol.